The van der Waals surface area contributed by atoms with Crippen LogP contribution < -0.4 is 20.1 Å². The Bertz CT molecular complexity index is 1270. The van der Waals surface area contributed by atoms with Gasteiger partial charge in [-0.2, -0.15) is 0 Å². The van der Waals surface area contributed by atoms with Gasteiger partial charge in [-0.05, 0) is 62.1 Å². The number of anilines is 2. The highest BCUT2D eigenvalue weighted by molar-refractivity contribution is 6.09. The highest BCUT2D eigenvalue weighted by atomic mass is 16.5. The topological polar surface area (TPSA) is 151 Å². The first-order chi connectivity index (χ1) is 19.1. The maximum absolute atomic E-state index is 12.2. The monoisotopic (exact) mass is 550 g/mol. The normalized spacial score (nSPS) is 29.0. The van der Waals surface area contributed by atoms with E-state index in [1.807, 2.05) is 0 Å². The van der Waals surface area contributed by atoms with Gasteiger partial charge in [-0.15, -0.1) is 0 Å². The second-order valence-corrected chi connectivity index (χ2v) is 10.8. The fourth-order valence-corrected chi connectivity index (χ4v) is 6.37. The fourth-order valence-electron chi connectivity index (χ4n) is 6.37. The van der Waals surface area contributed by atoms with Crippen molar-refractivity contribution in [3.8, 4) is 11.5 Å². The molecule has 2 aromatic rings. The fraction of sp³-hybridized carbons (Fsp3) is 0.467. The van der Waals surface area contributed by atoms with E-state index in [4.69, 9.17) is 9.47 Å². The Hall–Kier alpha value is -3.76. The van der Waals surface area contributed by atoms with Gasteiger partial charge in [-0.25, -0.2) is 0 Å². The molecule has 10 heteroatoms. The van der Waals surface area contributed by atoms with Crippen molar-refractivity contribution in [1.82, 2.24) is 0 Å². The number of ether oxygens (including phenoxy) is 2. The van der Waals surface area contributed by atoms with E-state index in [2.05, 4.69) is 10.6 Å². The average Bonchev–Trinajstić information content (AvgIpc) is 3.37. The molecule has 0 saturated heterocycles. The molecule has 0 aromatic heterocycles. The van der Waals surface area contributed by atoms with Gasteiger partial charge in [0.1, 0.15) is 23.1 Å². The molecule has 2 aliphatic carbocycles. The van der Waals surface area contributed by atoms with Crippen LogP contribution in [0.2, 0.25) is 0 Å². The van der Waals surface area contributed by atoms with Crippen LogP contribution in [0.5, 0.6) is 11.5 Å². The molecular formula is C30H34N2O8. The van der Waals surface area contributed by atoms with E-state index in [0.717, 1.165) is 25.7 Å². The predicted octanol–water partition coefficient (Wildman–Crippen LogP) is 3.19. The number of aliphatic hydroxyl groups is 2. The summed E-state index contributed by atoms with van der Waals surface area (Å²) in [5, 5.41) is 27.2. The third-order valence-electron chi connectivity index (χ3n) is 8.58. The Morgan fingerprint density at radius 2 is 1.07 bits per heavy atom. The number of methoxy groups -OCH3 is 2. The van der Waals surface area contributed by atoms with Gasteiger partial charge < -0.3 is 30.3 Å². The summed E-state index contributed by atoms with van der Waals surface area (Å²) in [4.78, 5) is 48.7. The van der Waals surface area contributed by atoms with Crippen molar-refractivity contribution in [2.45, 2.75) is 62.6 Å². The van der Waals surface area contributed by atoms with Crippen LogP contribution in [0.4, 0.5) is 11.4 Å². The van der Waals surface area contributed by atoms with Gasteiger partial charge in [0.2, 0.25) is 0 Å². The van der Waals surface area contributed by atoms with E-state index in [1.54, 1.807) is 36.4 Å². The van der Waals surface area contributed by atoms with Crippen LogP contribution in [0.25, 0.3) is 0 Å². The van der Waals surface area contributed by atoms with E-state index in [-0.39, 0.29) is 11.6 Å². The van der Waals surface area contributed by atoms with Crippen LogP contribution in [-0.4, -0.2) is 47.8 Å². The molecule has 0 spiro atoms. The lowest BCUT2D eigenvalue weighted by Crippen LogP contribution is -2.46. The number of fused-ring (bicyclic) bond motifs is 2. The summed E-state index contributed by atoms with van der Waals surface area (Å²) in [6.07, 6.45) is 5.31. The molecule has 2 amide bonds. The highest BCUT2D eigenvalue weighted by Gasteiger charge is 2.55. The molecule has 2 aromatic carbocycles. The summed E-state index contributed by atoms with van der Waals surface area (Å²) in [6, 6.07) is 10.1. The number of benzene rings is 2. The smallest absolute Gasteiger partial charge is 0.261 e. The second-order valence-electron chi connectivity index (χ2n) is 10.8. The van der Waals surface area contributed by atoms with Gasteiger partial charge in [0.25, 0.3) is 11.8 Å². The number of ketones is 2. The molecule has 40 heavy (non-hydrogen) atoms. The number of hydrogen-bond donors (Lipinski definition) is 4. The standard InChI is InChI=1S/2C15H17NO4/c2*1-20-9-6-7-12-11(8-9)15(19,14(18)16-12)10-4-2-3-5-13(10)17/h2*6-8,10,19H,2-5H2,1H3,(H,16,18)/t2*10-,15-/m10/s1. The zero-order chi connectivity index (χ0) is 28.7. The summed E-state index contributed by atoms with van der Waals surface area (Å²) in [5.74, 6) is -1.31. The van der Waals surface area contributed by atoms with Crippen LogP contribution in [0.3, 0.4) is 0 Å². The first kappa shape index (κ1) is 27.8. The Morgan fingerprint density at radius 1 is 0.675 bits per heavy atom. The van der Waals surface area contributed by atoms with Crippen molar-refractivity contribution in [2.24, 2.45) is 11.8 Å². The maximum atomic E-state index is 12.2. The van der Waals surface area contributed by atoms with Crippen LogP contribution >= 0.6 is 0 Å². The van der Waals surface area contributed by atoms with Crippen molar-refractivity contribution in [3.05, 3.63) is 47.5 Å². The van der Waals surface area contributed by atoms with Crippen LogP contribution in [0.15, 0.2) is 36.4 Å². The van der Waals surface area contributed by atoms with E-state index in [0.29, 0.717) is 59.7 Å². The first-order valence-corrected chi connectivity index (χ1v) is 13.6. The Labute approximate surface area is 232 Å². The Balaban J connectivity index is 0.000000161. The van der Waals surface area contributed by atoms with E-state index >= 15 is 0 Å². The van der Waals surface area contributed by atoms with Crippen LogP contribution in [0, 0.1) is 11.8 Å². The van der Waals surface area contributed by atoms with Crippen LogP contribution in [-0.2, 0) is 30.4 Å². The lowest BCUT2D eigenvalue weighted by molar-refractivity contribution is -0.150. The molecular weight excluding hydrogens is 516 g/mol. The molecule has 10 nitrogen and oxygen atoms in total. The summed E-state index contributed by atoms with van der Waals surface area (Å²) in [5.41, 5.74) is -1.53. The van der Waals surface area contributed by atoms with Crippen molar-refractivity contribution in [3.63, 3.8) is 0 Å². The summed E-state index contributed by atoms with van der Waals surface area (Å²) in [6.45, 7) is 0. The maximum Gasteiger partial charge on any atom is 0.261 e. The van der Waals surface area contributed by atoms with E-state index in [9.17, 15) is 29.4 Å². The number of hydrogen-bond acceptors (Lipinski definition) is 8. The largest absolute Gasteiger partial charge is 0.497 e. The molecule has 4 atom stereocenters. The number of carbonyl (C=O) groups is 4. The number of rotatable bonds is 4. The van der Waals surface area contributed by atoms with Crippen LogP contribution in [0.1, 0.15) is 62.5 Å². The minimum absolute atomic E-state index is 0.0374. The average molecular weight is 551 g/mol. The molecule has 0 radical (unpaired) electrons. The molecule has 2 heterocycles. The third kappa shape index (κ3) is 4.45. The molecule has 4 N–H and O–H groups in total. The number of amides is 2. The second kappa shape index (κ2) is 10.7. The Morgan fingerprint density at radius 3 is 1.43 bits per heavy atom. The molecule has 2 aliphatic heterocycles. The van der Waals surface area contributed by atoms with Gasteiger partial charge in [-0.3, -0.25) is 19.2 Å². The van der Waals surface area contributed by atoms with Crippen molar-refractivity contribution >= 4 is 34.8 Å². The van der Waals surface area contributed by atoms with Gasteiger partial charge in [0.05, 0.1) is 26.1 Å². The van der Waals surface area contributed by atoms with Gasteiger partial charge in [-0.1, -0.05) is 12.8 Å². The summed E-state index contributed by atoms with van der Waals surface area (Å²) >= 11 is 0. The van der Waals surface area contributed by atoms with Crippen molar-refractivity contribution in [1.29, 1.82) is 0 Å². The minimum Gasteiger partial charge on any atom is -0.497 e. The molecule has 2 saturated carbocycles. The molecule has 2 fully saturated rings. The van der Waals surface area contributed by atoms with Gasteiger partial charge in [0, 0.05) is 35.3 Å². The van der Waals surface area contributed by atoms with E-state index in [1.165, 1.54) is 14.2 Å². The summed E-state index contributed by atoms with van der Waals surface area (Å²) < 4.78 is 10.3. The summed E-state index contributed by atoms with van der Waals surface area (Å²) in [7, 11) is 3.05. The number of Topliss-reactive ketones (excluding diaryl/α,β-unsaturated/α-hetero) is 2. The lowest BCUT2D eigenvalue weighted by atomic mass is 9.73. The Kier molecular flexibility index (Phi) is 7.41. The predicted molar refractivity (Wildman–Crippen MR) is 145 cm³/mol. The minimum atomic E-state index is -1.76. The third-order valence-corrected chi connectivity index (χ3v) is 8.58. The van der Waals surface area contributed by atoms with Gasteiger partial charge >= 0.3 is 0 Å². The van der Waals surface area contributed by atoms with Crippen molar-refractivity contribution in [2.75, 3.05) is 24.9 Å². The molecule has 0 unspecified atom stereocenters. The zero-order valence-corrected chi connectivity index (χ0v) is 22.6. The lowest BCUT2D eigenvalue weighted by Gasteiger charge is -2.32. The molecule has 4 aliphatic rings. The zero-order valence-electron chi connectivity index (χ0n) is 22.6. The molecule has 0 bridgehead atoms. The SMILES string of the molecule is COc1ccc2c(c1)[C@@](O)([C@H]1CCCCC1=O)C(=O)N2.COc1ccc2c(c1)[C@](O)([C@@H]1CCCCC1=O)C(=O)N2. The van der Waals surface area contributed by atoms with E-state index < -0.39 is 34.9 Å². The molecule has 212 valence electrons. The highest BCUT2D eigenvalue weighted by Crippen LogP contribution is 2.47. The first-order valence-electron chi connectivity index (χ1n) is 13.6. The quantitative estimate of drug-likeness (QED) is 0.453. The number of nitrogens with one attached hydrogen (secondary N) is 2. The van der Waals surface area contributed by atoms with Crippen molar-refractivity contribution < 1.29 is 38.9 Å². The number of carbonyl (C=O) groups excluding carboxylic acids is 4. The van der Waals surface area contributed by atoms with Gasteiger partial charge in [0.15, 0.2) is 11.2 Å². The molecule has 6 rings (SSSR count).